The Hall–Kier alpha value is -3.53. The fraction of sp³-hybridized carbons (Fsp3) is 0.207. The molecule has 0 radical (unpaired) electrons. The number of pyridine rings is 1. The van der Waals surface area contributed by atoms with Crippen molar-refractivity contribution in [2.75, 3.05) is 4.90 Å². The second kappa shape index (κ2) is 6.98. The Kier molecular flexibility index (Phi) is 4.26. The number of para-hydroxylation sites is 1. The predicted octanol–water partition coefficient (Wildman–Crippen LogP) is 4.52. The fourth-order valence-corrected chi connectivity index (χ4v) is 5.53. The van der Waals surface area contributed by atoms with E-state index in [0.29, 0.717) is 0 Å². The molecule has 0 aliphatic carbocycles. The second-order valence-corrected chi connectivity index (χ2v) is 10.2. The van der Waals surface area contributed by atoms with E-state index in [0.717, 1.165) is 17.2 Å². The van der Waals surface area contributed by atoms with Crippen molar-refractivity contribution in [3.05, 3.63) is 90.1 Å². The summed E-state index contributed by atoms with van der Waals surface area (Å²) >= 11 is 0. The van der Waals surface area contributed by atoms with Crippen LogP contribution in [0.3, 0.4) is 0 Å². The van der Waals surface area contributed by atoms with Gasteiger partial charge < -0.3 is 9.64 Å². The lowest BCUT2D eigenvalue weighted by Gasteiger charge is -2.39. The van der Waals surface area contributed by atoms with Gasteiger partial charge >= 0.3 is 6.71 Å². The van der Waals surface area contributed by atoms with Crippen molar-refractivity contribution in [1.82, 2.24) is 0 Å². The fourth-order valence-electron chi connectivity index (χ4n) is 5.53. The summed E-state index contributed by atoms with van der Waals surface area (Å²) < 4.78 is 9.01. The van der Waals surface area contributed by atoms with Gasteiger partial charge in [-0.1, -0.05) is 62.7 Å². The highest BCUT2D eigenvalue weighted by atomic mass is 16.5. The van der Waals surface area contributed by atoms with Crippen LogP contribution in [0.5, 0.6) is 11.5 Å². The molecule has 0 unspecified atom stereocenters. The van der Waals surface area contributed by atoms with Crippen molar-refractivity contribution < 1.29 is 9.30 Å². The van der Waals surface area contributed by atoms with Crippen LogP contribution in [0.4, 0.5) is 17.1 Å². The number of benzene rings is 3. The van der Waals surface area contributed by atoms with Crippen LogP contribution in [0.1, 0.15) is 31.9 Å². The Balaban J connectivity index is 1.73. The molecule has 0 bridgehead atoms. The molecule has 0 amide bonds. The summed E-state index contributed by atoms with van der Waals surface area (Å²) in [7, 11) is 2.14. The average Bonchev–Trinajstić information content (AvgIpc) is 2.79. The highest BCUT2D eigenvalue weighted by Gasteiger charge is 2.48. The first kappa shape index (κ1) is 20.1. The van der Waals surface area contributed by atoms with Gasteiger partial charge in [0, 0.05) is 34.2 Å². The third-order valence-electron chi connectivity index (χ3n) is 7.03. The maximum atomic E-state index is 6.75. The molecule has 4 heteroatoms. The quantitative estimate of drug-likeness (QED) is 0.281. The van der Waals surface area contributed by atoms with Crippen LogP contribution in [0.25, 0.3) is 0 Å². The molecule has 33 heavy (non-hydrogen) atoms. The van der Waals surface area contributed by atoms with E-state index in [2.05, 4.69) is 123 Å². The van der Waals surface area contributed by atoms with Gasteiger partial charge in [-0.3, -0.25) is 0 Å². The molecule has 0 spiro atoms. The summed E-state index contributed by atoms with van der Waals surface area (Å²) in [4.78, 5) is 2.39. The first-order valence-corrected chi connectivity index (χ1v) is 11.6. The molecule has 3 heterocycles. The molecule has 0 atom stereocenters. The summed E-state index contributed by atoms with van der Waals surface area (Å²) in [5.41, 5.74) is 9.94. The molecule has 0 saturated heterocycles. The molecule has 2 aliphatic rings. The van der Waals surface area contributed by atoms with Crippen LogP contribution in [0.15, 0.2) is 79.0 Å². The smallest absolute Gasteiger partial charge is 0.339 e. The number of anilines is 3. The highest BCUT2D eigenvalue weighted by Crippen LogP contribution is 2.42. The Morgan fingerprint density at radius 1 is 0.818 bits per heavy atom. The normalized spacial score (nSPS) is 13.7. The lowest BCUT2D eigenvalue weighted by atomic mass is 9.34. The van der Waals surface area contributed by atoms with E-state index >= 15 is 0 Å². The molecular weight excluding hydrogens is 403 g/mol. The largest absolute Gasteiger partial charge is 0.452 e. The number of aryl methyl sites for hydroxylation is 2. The standard InChI is InChI=1S/C29H28BN2O/c1-19-11-9-14-22-25(19)30-26-23(32(22)20-12-7-6-8-13-20)15-10-16-24(26)33-27-21(29(2,3)4)17-18-31(5)28(27)30/h6-18H,1-5H3/q+1. The van der Waals surface area contributed by atoms with E-state index < -0.39 is 0 Å². The number of hydrogen-bond donors (Lipinski definition) is 0. The third-order valence-corrected chi connectivity index (χ3v) is 7.03. The van der Waals surface area contributed by atoms with E-state index in [-0.39, 0.29) is 12.1 Å². The topological polar surface area (TPSA) is 16.4 Å². The maximum absolute atomic E-state index is 6.75. The molecule has 1 aromatic heterocycles. The molecule has 3 aromatic carbocycles. The molecule has 0 saturated carbocycles. The minimum Gasteiger partial charge on any atom is -0.452 e. The molecule has 162 valence electrons. The van der Waals surface area contributed by atoms with Gasteiger partial charge in [0.15, 0.2) is 17.5 Å². The molecule has 4 aromatic rings. The van der Waals surface area contributed by atoms with Gasteiger partial charge in [-0.2, -0.15) is 0 Å². The Morgan fingerprint density at radius 3 is 2.24 bits per heavy atom. The molecule has 6 rings (SSSR count). The summed E-state index contributed by atoms with van der Waals surface area (Å²) in [5.74, 6) is 1.96. The zero-order valence-electron chi connectivity index (χ0n) is 19.9. The predicted molar refractivity (Wildman–Crippen MR) is 137 cm³/mol. The molecule has 3 nitrogen and oxygen atoms in total. The van der Waals surface area contributed by atoms with Crippen molar-refractivity contribution in [2.45, 2.75) is 33.1 Å². The van der Waals surface area contributed by atoms with E-state index in [9.17, 15) is 0 Å². The van der Waals surface area contributed by atoms with Gasteiger partial charge in [-0.15, -0.1) is 0 Å². The summed E-state index contributed by atoms with van der Waals surface area (Å²) in [5, 5.41) is 0. The lowest BCUT2D eigenvalue weighted by Crippen LogP contribution is -2.69. The average molecular weight is 431 g/mol. The number of fused-ring (bicyclic) bond motifs is 4. The van der Waals surface area contributed by atoms with Gasteiger partial charge in [-0.05, 0) is 48.1 Å². The summed E-state index contributed by atoms with van der Waals surface area (Å²) in [6.07, 6.45) is 2.19. The minimum absolute atomic E-state index is 0.0211. The van der Waals surface area contributed by atoms with Crippen molar-refractivity contribution in [1.29, 1.82) is 0 Å². The molecule has 2 aliphatic heterocycles. The van der Waals surface area contributed by atoms with Gasteiger partial charge in [0.2, 0.25) is 0 Å². The Morgan fingerprint density at radius 2 is 1.52 bits per heavy atom. The summed E-state index contributed by atoms with van der Waals surface area (Å²) in [6, 6.07) is 26.0. The highest BCUT2D eigenvalue weighted by molar-refractivity contribution is 6.98. The van der Waals surface area contributed by atoms with Gasteiger partial charge in [-0.25, -0.2) is 4.57 Å². The summed E-state index contributed by atoms with van der Waals surface area (Å²) in [6.45, 7) is 9.13. The van der Waals surface area contributed by atoms with Crippen molar-refractivity contribution in [2.24, 2.45) is 7.05 Å². The first-order valence-electron chi connectivity index (χ1n) is 11.6. The van der Waals surface area contributed by atoms with E-state index in [4.69, 9.17) is 4.74 Å². The number of nitrogens with zero attached hydrogens (tertiary/aromatic N) is 2. The van der Waals surface area contributed by atoms with Crippen molar-refractivity contribution >= 4 is 40.3 Å². The zero-order chi connectivity index (χ0) is 22.9. The molecule has 0 fully saturated rings. The lowest BCUT2D eigenvalue weighted by molar-refractivity contribution is -0.654. The van der Waals surface area contributed by atoms with Gasteiger partial charge in [0.1, 0.15) is 12.8 Å². The van der Waals surface area contributed by atoms with Crippen LogP contribution < -0.4 is 30.7 Å². The van der Waals surface area contributed by atoms with E-state index in [1.54, 1.807) is 0 Å². The van der Waals surface area contributed by atoms with Gasteiger partial charge in [0.05, 0.1) is 0 Å². The second-order valence-electron chi connectivity index (χ2n) is 10.2. The molecular formula is C29H28BN2O+. The number of aromatic nitrogens is 1. The Bertz CT molecular complexity index is 1390. The van der Waals surface area contributed by atoms with Crippen molar-refractivity contribution in [3.8, 4) is 11.5 Å². The molecule has 0 N–H and O–H groups in total. The van der Waals surface area contributed by atoms with Crippen LogP contribution in [0, 0.1) is 6.92 Å². The monoisotopic (exact) mass is 431 g/mol. The number of rotatable bonds is 1. The van der Waals surface area contributed by atoms with E-state index in [1.807, 2.05) is 0 Å². The SMILES string of the molecule is Cc1cccc2c1B1c3c(cccc3N2c2ccccc2)Oc2c(C(C)(C)C)cc[n+](C)c21. The van der Waals surface area contributed by atoms with Gasteiger partial charge in [0.25, 0.3) is 0 Å². The zero-order valence-corrected chi connectivity index (χ0v) is 19.9. The first-order chi connectivity index (χ1) is 15.9. The van der Waals surface area contributed by atoms with Crippen LogP contribution in [-0.2, 0) is 12.5 Å². The van der Waals surface area contributed by atoms with E-state index in [1.165, 1.54) is 39.0 Å². The van der Waals surface area contributed by atoms with Crippen molar-refractivity contribution in [3.63, 3.8) is 0 Å². The maximum Gasteiger partial charge on any atom is 0.339 e. The number of ether oxygens (including phenoxy) is 1. The third kappa shape index (κ3) is 2.86. The number of hydrogen-bond acceptors (Lipinski definition) is 2. The van der Waals surface area contributed by atoms with Crippen LogP contribution in [0.2, 0.25) is 0 Å². The minimum atomic E-state index is -0.0211. The van der Waals surface area contributed by atoms with Crippen LogP contribution >= 0.6 is 0 Å². The Labute approximate surface area is 196 Å². The van der Waals surface area contributed by atoms with Crippen LogP contribution in [-0.4, -0.2) is 6.71 Å².